The molecule has 0 spiro atoms. The van der Waals surface area contributed by atoms with Gasteiger partial charge in [0.15, 0.2) is 0 Å². The maximum atomic E-state index is 12.7. The number of hydrogen-bond acceptors (Lipinski definition) is 4. The smallest absolute Gasteiger partial charge is 0.307 e. The summed E-state index contributed by atoms with van der Waals surface area (Å²) in [5, 5.41) is 17.8. The highest BCUT2D eigenvalue weighted by molar-refractivity contribution is 5.94. The first kappa shape index (κ1) is 21.2. The van der Waals surface area contributed by atoms with Crippen molar-refractivity contribution in [3.8, 4) is 0 Å². The second-order valence-corrected chi connectivity index (χ2v) is 8.42. The van der Waals surface area contributed by atoms with Crippen LogP contribution in [0.5, 0.6) is 0 Å². The van der Waals surface area contributed by atoms with E-state index in [1.54, 1.807) is 18.2 Å². The largest absolute Gasteiger partial charge is 0.346 e. The summed E-state index contributed by atoms with van der Waals surface area (Å²) in [5.41, 5.74) is 3.68. The molecule has 30 heavy (non-hydrogen) atoms. The number of carbonyl (C=O) groups is 1. The van der Waals surface area contributed by atoms with Crippen molar-refractivity contribution in [1.29, 1.82) is 0 Å². The molecule has 2 aromatic carbocycles. The minimum atomic E-state index is -0.483. The molecule has 0 saturated heterocycles. The average Bonchev–Trinajstić information content (AvgIpc) is 3.16. The topological polar surface area (TPSA) is 90.1 Å². The number of nitro groups is 1. The van der Waals surface area contributed by atoms with Gasteiger partial charge in [-0.2, -0.15) is 5.10 Å². The first-order valence-electron chi connectivity index (χ1n) is 9.80. The fraction of sp³-hybridized carbons (Fsp3) is 0.304. The molecule has 1 aromatic heterocycles. The Morgan fingerprint density at radius 3 is 2.50 bits per heavy atom. The van der Waals surface area contributed by atoms with Crippen LogP contribution in [0.15, 0.2) is 60.9 Å². The molecular weight excluding hydrogens is 380 g/mol. The molecule has 156 valence electrons. The highest BCUT2D eigenvalue weighted by atomic mass is 16.6. The third-order valence-corrected chi connectivity index (χ3v) is 4.99. The summed E-state index contributed by atoms with van der Waals surface area (Å²) in [4.78, 5) is 23.0. The molecule has 0 fully saturated rings. The van der Waals surface area contributed by atoms with Crippen molar-refractivity contribution in [2.75, 3.05) is 0 Å². The van der Waals surface area contributed by atoms with Gasteiger partial charge in [-0.1, -0.05) is 57.2 Å². The molecule has 3 aromatic rings. The molecule has 0 aliphatic rings. The third kappa shape index (κ3) is 5.11. The van der Waals surface area contributed by atoms with E-state index >= 15 is 0 Å². The van der Waals surface area contributed by atoms with Crippen molar-refractivity contribution in [1.82, 2.24) is 15.1 Å². The van der Waals surface area contributed by atoms with Crippen molar-refractivity contribution in [2.45, 2.75) is 45.7 Å². The Labute approximate surface area is 175 Å². The molecule has 0 saturated carbocycles. The summed E-state index contributed by atoms with van der Waals surface area (Å²) in [6, 6.07) is 15.3. The van der Waals surface area contributed by atoms with Gasteiger partial charge in [-0.25, -0.2) is 0 Å². The average molecular weight is 406 g/mol. The third-order valence-electron chi connectivity index (χ3n) is 4.99. The summed E-state index contributed by atoms with van der Waals surface area (Å²) in [6.07, 6.45) is 2.58. The van der Waals surface area contributed by atoms with E-state index in [0.717, 1.165) is 11.1 Å². The SMILES string of the molecule is C[C@H](NC(=O)c1cccc(Cn2cc([N+](=O)[O-])cn2)c1)c1ccc(C(C)(C)C)cc1. The predicted octanol–water partition coefficient (Wildman–Crippen LogP) is 4.63. The van der Waals surface area contributed by atoms with Gasteiger partial charge in [0, 0.05) is 5.56 Å². The van der Waals surface area contributed by atoms with Gasteiger partial charge < -0.3 is 5.32 Å². The first-order chi connectivity index (χ1) is 14.1. The molecule has 3 rings (SSSR count). The lowest BCUT2D eigenvalue weighted by Gasteiger charge is -2.21. The molecule has 0 aliphatic carbocycles. The quantitative estimate of drug-likeness (QED) is 0.477. The second-order valence-electron chi connectivity index (χ2n) is 8.42. The van der Waals surface area contributed by atoms with Crippen molar-refractivity contribution in [3.05, 3.63) is 93.3 Å². The summed E-state index contributed by atoms with van der Waals surface area (Å²) in [6.45, 7) is 8.81. The molecule has 0 aliphatic heterocycles. The predicted molar refractivity (Wildman–Crippen MR) is 115 cm³/mol. The van der Waals surface area contributed by atoms with Gasteiger partial charge in [-0.15, -0.1) is 0 Å². The molecule has 1 atom stereocenters. The monoisotopic (exact) mass is 406 g/mol. The van der Waals surface area contributed by atoms with Crippen molar-refractivity contribution >= 4 is 11.6 Å². The Hall–Kier alpha value is -3.48. The van der Waals surface area contributed by atoms with Gasteiger partial charge in [0.1, 0.15) is 12.4 Å². The number of benzene rings is 2. The van der Waals surface area contributed by atoms with Crippen molar-refractivity contribution < 1.29 is 9.72 Å². The van der Waals surface area contributed by atoms with Crippen LogP contribution in [0.3, 0.4) is 0 Å². The molecule has 0 unspecified atom stereocenters. The number of hydrogen-bond donors (Lipinski definition) is 1. The number of aromatic nitrogens is 2. The second kappa shape index (κ2) is 8.49. The number of nitrogens with one attached hydrogen (secondary N) is 1. The highest BCUT2D eigenvalue weighted by Crippen LogP contribution is 2.24. The maximum Gasteiger partial charge on any atom is 0.307 e. The van der Waals surface area contributed by atoms with Crippen LogP contribution in [0.2, 0.25) is 0 Å². The van der Waals surface area contributed by atoms with E-state index in [1.807, 2.05) is 25.1 Å². The lowest BCUT2D eigenvalue weighted by molar-refractivity contribution is -0.385. The first-order valence-corrected chi connectivity index (χ1v) is 9.80. The molecule has 7 nitrogen and oxygen atoms in total. The molecular formula is C23H26N4O3. The van der Waals surface area contributed by atoms with Crippen LogP contribution >= 0.6 is 0 Å². The Morgan fingerprint density at radius 2 is 1.90 bits per heavy atom. The summed E-state index contributed by atoms with van der Waals surface area (Å²) < 4.78 is 1.48. The van der Waals surface area contributed by atoms with E-state index in [1.165, 1.54) is 22.6 Å². The molecule has 7 heteroatoms. The zero-order chi connectivity index (χ0) is 21.9. The number of rotatable bonds is 6. The molecule has 0 radical (unpaired) electrons. The molecule has 1 heterocycles. The summed E-state index contributed by atoms with van der Waals surface area (Å²) in [7, 11) is 0. The van der Waals surface area contributed by atoms with Gasteiger partial charge in [-0.05, 0) is 41.2 Å². The van der Waals surface area contributed by atoms with Crippen molar-refractivity contribution in [3.63, 3.8) is 0 Å². The van der Waals surface area contributed by atoms with Gasteiger partial charge in [0.2, 0.25) is 0 Å². The van der Waals surface area contributed by atoms with Crippen LogP contribution in [0.4, 0.5) is 5.69 Å². The Bertz CT molecular complexity index is 1050. The minimum Gasteiger partial charge on any atom is -0.346 e. The van der Waals surface area contributed by atoms with E-state index in [0.29, 0.717) is 12.1 Å². The van der Waals surface area contributed by atoms with Crippen LogP contribution in [-0.4, -0.2) is 20.6 Å². The van der Waals surface area contributed by atoms with Crippen LogP contribution in [-0.2, 0) is 12.0 Å². The standard InChI is InChI=1S/C23H26N4O3/c1-16(18-8-10-20(11-9-18)23(2,3)4)25-22(28)19-7-5-6-17(12-19)14-26-15-21(13-24-26)27(29)30/h5-13,15-16H,14H2,1-4H3,(H,25,28)/t16-/m0/s1. The van der Waals surface area contributed by atoms with Gasteiger partial charge >= 0.3 is 5.69 Å². The fourth-order valence-electron chi connectivity index (χ4n) is 3.17. The van der Waals surface area contributed by atoms with E-state index in [2.05, 4.69) is 43.3 Å². The molecule has 1 N–H and O–H groups in total. The Kier molecular flexibility index (Phi) is 6.01. The lowest BCUT2D eigenvalue weighted by Crippen LogP contribution is -2.26. The van der Waals surface area contributed by atoms with E-state index in [-0.39, 0.29) is 23.1 Å². The molecule has 0 bridgehead atoms. The van der Waals surface area contributed by atoms with E-state index < -0.39 is 4.92 Å². The van der Waals surface area contributed by atoms with Gasteiger partial charge in [0.05, 0.1) is 17.5 Å². The number of nitrogens with zero attached hydrogens (tertiary/aromatic N) is 3. The van der Waals surface area contributed by atoms with Crippen LogP contribution in [0.25, 0.3) is 0 Å². The van der Waals surface area contributed by atoms with E-state index in [4.69, 9.17) is 0 Å². The van der Waals surface area contributed by atoms with Crippen LogP contribution in [0, 0.1) is 10.1 Å². The summed E-state index contributed by atoms with van der Waals surface area (Å²) >= 11 is 0. The minimum absolute atomic E-state index is 0.0600. The van der Waals surface area contributed by atoms with Crippen LogP contribution < -0.4 is 5.32 Å². The van der Waals surface area contributed by atoms with Crippen molar-refractivity contribution in [2.24, 2.45) is 0 Å². The maximum absolute atomic E-state index is 12.7. The molecule has 1 amide bonds. The Balaban J connectivity index is 1.67. The fourth-order valence-corrected chi connectivity index (χ4v) is 3.17. The number of amides is 1. The normalized spacial score (nSPS) is 12.4. The summed E-state index contributed by atoms with van der Waals surface area (Å²) in [5.74, 6) is -0.171. The zero-order valence-electron chi connectivity index (χ0n) is 17.6. The van der Waals surface area contributed by atoms with Crippen LogP contribution in [0.1, 0.15) is 60.8 Å². The lowest BCUT2D eigenvalue weighted by atomic mass is 9.86. The van der Waals surface area contributed by atoms with Gasteiger partial charge in [0.25, 0.3) is 5.91 Å². The van der Waals surface area contributed by atoms with E-state index in [9.17, 15) is 14.9 Å². The Morgan fingerprint density at radius 1 is 1.20 bits per heavy atom. The highest BCUT2D eigenvalue weighted by Gasteiger charge is 2.16. The van der Waals surface area contributed by atoms with Gasteiger partial charge in [-0.3, -0.25) is 19.6 Å². The number of carbonyl (C=O) groups excluding carboxylic acids is 1. The zero-order valence-corrected chi connectivity index (χ0v) is 17.6.